The number of nitrogens with one attached hydrogen (secondary N) is 2. The van der Waals surface area contributed by atoms with Gasteiger partial charge in [0.05, 0.1) is 17.4 Å². The topological polar surface area (TPSA) is 86.3 Å². The van der Waals surface area contributed by atoms with Gasteiger partial charge in [-0.25, -0.2) is 19.3 Å². The molecule has 0 atom stereocenters. The summed E-state index contributed by atoms with van der Waals surface area (Å²) in [5.74, 6) is 0.903. The molecule has 2 aromatic heterocycles. The van der Waals surface area contributed by atoms with Gasteiger partial charge in [0.1, 0.15) is 11.6 Å². The summed E-state index contributed by atoms with van der Waals surface area (Å²) < 4.78 is 13.7. The Morgan fingerprint density at radius 3 is 2.43 bits per heavy atom. The summed E-state index contributed by atoms with van der Waals surface area (Å²) in [7, 11) is 4.30. The summed E-state index contributed by atoms with van der Waals surface area (Å²) in [6, 6.07) is 20.4. The highest BCUT2D eigenvalue weighted by molar-refractivity contribution is 6.04. The smallest absolute Gasteiger partial charge is 0.255 e. The van der Waals surface area contributed by atoms with Crippen molar-refractivity contribution in [1.29, 1.82) is 0 Å². The number of fused-ring (bicyclic) bond motifs is 1. The Hall–Kier alpha value is -4.89. The maximum Gasteiger partial charge on any atom is 0.255 e. The lowest BCUT2D eigenvalue weighted by molar-refractivity contribution is 0.102. The quantitative estimate of drug-likeness (QED) is 0.184. The van der Waals surface area contributed by atoms with E-state index >= 15 is 0 Å². The van der Waals surface area contributed by atoms with E-state index in [0.717, 1.165) is 70.6 Å². The van der Waals surface area contributed by atoms with E-state index in [0.29, 0.717) is 17.7 Å². The fourth-order valence-corrected chi connectivity index (χ4v) is 6.06. The van der Waals surface area contributed by atoms with E-state index in [1.165, 1.54) is 18.2 Å². The van der Waals surface area contributed by atoms with Crippen molar-refractivity contribution in [2.45, 2.75) is 45.6 Å². The van der Waals surface area contributed by atoms with E-state index in [9.17, 15) is 9.18 Å². The van der Waals surface area contributed by atoms with Crippen LogP contribution in [0.5, 0.6) is 0 Å². The zero-order valence-electron chi connectivity index (χ0n) is 27.0. The average molecular weight is 618 g/mol. The molecule has 0 saturated carbocycles. The van der Waals surface area contributed by atoms with Gasteiger partial charge < -0.3 is 20.4 Å². The highest BCUT2D eigenvalue weighted by Gasteiger charge is 2.21. The number of aryl methyl sites for hydroxylation is 1. The second-order valence-corrected chi connectivity index (χ2v) is 12.6. The van der Waals surface area contributed by atoms with Crippen LogP contribution in [0.25, 0.3) is 22.0 Å². The lowest BCUT2D eigenvalue weighted by Gasteiger charge is -2.35. The Bertz CT molecular complexity index is 1860. The molecule has 0 spiro atoms. The lowest BCUT2D eigenvalue weighted by atomic mass is 9.92. The van der Waals surface area contributed by atoms with Crippen molar-refractivity contribution in [1.82, 2.24) is 19.9 Å². The molecule has 46 heavy (non-hydrogen) atoms. The molecule has 1 saturated heterocycles. The van der Waals surface area contributed by atoms with Gasteiger partial charge in [-0.05, 0) is 117 Å². The number of hydrogen-bond donors (Lipinski definition) is 2. The number of benzene rings is 3. The predicted molar refractivity (Wildman–Crippen MR) is 185 cm³/mol. The van der Waals surface area contributed by atoms with Crippen LogP contribution in [-0.4, -0.2) is 59.0 Å². The van der Waals surface area contributed by atoms with Crippen LogP contribution in [0.3, 0.4) is 0 Å². The largest absolute Gasteiger partial charge is 0.357 e. The Kier molecular flexibility index (Phi) is 8.94. The highest BCUT2D eigenvalue weighted by atomic mass is 19.1. The summed E-state index contributed by atoms with van der Waals surface area (Å²) >= 11 is 0. The van der Waals surface area contributed by atoms with E-state index in [4.69, 9.17) is 9.97 Å². The van der Waals surface area contributed by atoms with Crippen molar-refractivity contribution in [2.24, 2.45) is 0 Å². The fourth-order valence-electron chi connectivity index (χ4n) is 6.06. The molecule has 3 aromatic carbocycles. The number of carbonyl (C=O) groups excluding carboxylic acids is 1. The van der Waals surface area contributed by atoms with Crippen molar-refractivity contribution in [3.8, 4) is 11.1 Å². The van der Waals surface area contributed by atoms with Crippen molar-refractivity contribution < 1.29 is 9.18 Å². The summed E-state index contributed by atoms with van der Waals surface area (Å²) in [4.78, 5) is 31.7. The first-order chi connectivity index (χ1) is 22.1. The van der Waals surface area contributed by atoms with Crippen molar-refractivity contribution >= 4 is 40.0 Å². The third kappa shape index (κ3) is 6.84. The van der Waals surface area contributed by atoms with Crippen LogP contribution < -0.4 is 15.5 Å². The number of rotatable bonds is 8. The third-order valence-corrected chi connectivity index (χ3v) is 8.75. The molecular formula is C37H40FN7O. The van der Waals surface area contributed by atoms with Gasteiger partial charge >= 0.3 is 0 Å². The summed E-state index contributed by atoms with van der Waals surface area (Å²) in [6.45, 7) is 8.36. The minimum atomic E-state index is -0.448. The number of carbonyl (C=O) groups is 1. The average Bonchev–Trinajstić information content (AvgIpc) is 3.05. The number of halogens is 1. The van der Waals surface area contributed by atoms with E-state index in [-0.39, 0.29) is 17.4 Å². The molecule has 9 heteroatoms. The van der Waals surface area contributed by atoms with Gasteiger partial charge in [0.25, 0.3) is 5.91 Å². The monoisotopic (exact) mass is 617 g/mol. The molecule has 2 N–H and O–H groups in total. The summed E-state index contributed by atoms with van der Waals surface area (Å²) in [5, 5.41) is 7.17. The van der Waals surface area contributed by atoms with E-state index < -0.39 is 5.82 Å². The van der Waals surface area contributed by atoms with Crippen LogP contribution in [0.15, 0.2) is 79.1 Å². The van der Waals surface area contributed by atoms with Crippen molar-refractivity contribution in [3.63, 3.8) is 0 Å². The van der Waals surface area contributed by atoms with Crippen molar-refractivity contribution in [2.75, 3.05) is 42.7 Å². The molecule has 0 radical (unpaired) electrons. The zero-order valence-corrected chi connectivity index (χ0v) is 27.0. The fraction of sp³-hybridized carbons (Fsp3) is 0.297. The molecule has 0 unspecified atom stereocenters. The summed E-state index contributed by atoms with van der Waals surface area (Å²) in [6.07, 6.45) is 5.97. The molecule has 1 amide bonds. The van der Waals surface area contributed by atoms with Crippen LogP contribution in [-0.2, 0) is 0 Å². The molecule has 6 rings (SSSR count). The van der Waals surface area contributed by atoms with Crippen molar-refractivity contribution in [3.05, 3.63) is 102 Å². The number of hydrogen-bond acceptors (Lipinski definition) is 7. The molecule has 1 aliphatic rings. The second-order valence-electron chi connectivity index (χ2n) is 12.6. The van der Waals surface area contributed by atoms with Gasteiger partial charge in [-0.15, -0.1) is 0 Å². The minimum Gasteiger partial charge on any atom is -0.357 e. The minimum absolute atomic E-state index is 0.207. The van der Waals surface area contributed by atoms with Crippen LogP contribution in [0.1, 0.15) is 54.1 Å². The number of amides is 1. The van der Waals surface area contributed by atoms with Gasteiger partial charge in [-0.3, -0.25) is 4.79 Å². The van der Waals surface area contributed by atoms with E-state index in [1.54, 1.807) is 6.07 Å². The number of anilines is 4. The lowest BCUT2D eigenvalue weighted by Crippen LogP contribution is -2.42. The van der Waals surface area contributed by atoms with Gasteiger partial charge in [0.2, 0.25) is 5.95 Å². The zero-order chi connectivity index (χ0) is 32.4. The highest BCUT2D eigenvalue weighted by Crippen LogP contribution is 2.34. The van der Waals surface area contributed by atoms with Gasteiger partial charge in [0, 0.05) is 42.0 Å². The molecular weight excluding hydrogens is 577 g/mol. The molecule has 1 aliphatic heterocycles. The van der Waals surface area contributed by atoms with Crippen LogP contribution in [0.4, 0.5) is 27.5 Å². The van der Waals surface area contributed by atoms with Crippen LogP contribution >= 0.6 is 0 Å². The molecule has 3 heterocycles. The van der Waals surface area contributed by atoms with Crippen LogP contribution in [0, 0.1) is 12.7 Å². The van der Waals surface area contributed by atoms with Gasteiger partial charge in [0.15, 0.2) is 0 Å². The van der Waals surface area contributed by atoms with Gasteiger partial charge in [-0.1, -0.05) is 26.0 Å². The number of nitrogens with zero attached hydrogens (tertiary/aromatic N) is 5. The Balaban J connectivity index is 1.22. The molecule has 8 nitrogen and oxygen atoms in total. The first-order valence-electron chi connectivity index (χ1n) is 15.8. The number of aromatic nitrogens is 3. The molecule has 0 aliphatic carbocycles. The normalized spacial score (nSPS) is 13.9. The Labute approximate surface area is 269 Å². The standard InChI is InChI=1S/C37H40FN7O/c1-23(2)32-19-26(33-20-29(10-9-24(33)3)41-36(46)25-7-6-8-28(38)18-25)17-27-21-40-37(43-35(27)32)42-30-11-12-34(39-22-30)45-15-13-31(14-16-45)44(4)5/h6-12,17-23,31H,13-16H2,1-5H3,(H,41,46)(H,40,42,43). The molecule has 5 aromatic rings. The number of piperidine rings is 1. The first-order valence-corrected chi connectivity index (χ1v) is 15.8. The molecule has 236 valence electrons. The predicted octanol–water partition coefficient (Wildman–Crippen LogP) is 7.79. The first kappa shape index (κ1) is 31.1. The van der Waals surface area contributed by atoms with E-state index in [1.807, 2.05) is 43.6 Å². The SMILES string of the molecule is Cc1ccc(NC(=O)c2cccc(F)c2)cc1-c1cc(C(C)C)c2nc(Nc3ccc(N4CCC(N(C)C)CC4)nc3)ncc2c1. The molecule has 1 fully saturated rings. The van der Waals surface area contributed by atoms with E-state index in [2.05, 4.69) is 71.6 Å². The Morgan fingerprint density at radius 1 is 0.957 bits per heavy atom. The number of pyridine rings is 1. The Morgan fingerprint density at radius 2 is 1.74 bits per heavy atom. The maximum atomic E-state index is 13.7. The molecule has 0 bridgehead atoms. The summed E-state index contributed by atoms with van der Waals surface area (Å²) in [5.41, 5.74) is 6.78. The van der Waals surface area contributed by atoms with Gasteiger partial charge in [-0.2, -0.15) is 0 Å². The second kappa shape index (κ2) is 13.2. The van der Waals surface area contributed by atoms with Crippen LogP contribution in [0.2, 0.25) is 0 Å². The third-order valence-electron chi connectivity index (χ3n) is 8.75. The maximum absolute atomic E-state index is 13.7.